The van der Waals surface area contributed by atoms with Crippen molar-refractivity contribution in [2.75, 3.05) is 5.73 Å². The van der Waals surface area contributed by atoms with Crippen molar-refractivity contribution in [3.05, 3.63) is 23.0 Å². The minimum atomic E-state index is 0.361. The van der Waals surface area contributed by atoms with Gasteiger partial charge in [-0.05, 0) is 19.1 Å². The molecule has 0 aromatic carbocycles. The molecule has 0 aliphatic carbocycles. The number of furan rings is 1. The predicted molar refractivity (Wildman–Crippen MR) is 55.1 cm³/mol. The van der Waals surface area contributed by atoms with Crippen LogP contribution in [-0.4, -0.2) is 9.55 Å². The van der Waals surface area contributed by atoms with Crippen LogP contribution in [-0.2, 0) is 7.05 Å². The maximum absolute atomic E-state index is 5.92. The van der Waals surface area contributed by atoms with Gasteiger partial charge in [0, 0.05) is 7.05 Å². The van der Waals surface area contributed by atoms with Gasteiger partial charge in [-0.3, -0.25) is 0 Å². The average molecular weight is 212 g/mol. The van der Waals surface area contributed by atoms with E-state index in [0.29, 0.717) is 22.6 Å². The van der Waals surface area contributed by atoms with Gasteiger partial charge in [-0.25, -0.2) is 4.98 Å². The number of aromatic nitrogens is 2. The number of nitrogens with zero attached hydrogens (tertiary/aromatic N) is 2. The Bertz CT molecular complexity index is 472. The van der Waals surface area contributed by atoms with Crippen LogP contribution in [0.3, 0.4) is 0 Å². The third-order valence-corrected chi connectivity index (χ3v) is 2.32. The molecule has 0 aliphatic heterocycles. The summed E-state index contributed by atoms with van der Waals surface area (Å²) in [5, 5.41) is 0.361. The summed E-state index contributed by atoms with van der Waals surface area (Å²) in [6.07, 6.45) is 0. The van der Waals surface area contributed by atoms with Crippen LogP contribution >= 0.6 is 11.6 Å². The number of imidazole rings is 1. The van der Waals surface area contributed by atoms with Gasteiger partial charge in [0.2, 0.25) is 5.95 Å². The molecule has 0 spiro atoms. The summed E-state index contributed by atoms with van der Waals surface area (Å²) in [6.45, 7) is 1.87. The Morgan fingerprint density at radius 3 is 2.64 bits per heavy atom. The van der Waals surface area contributed by atoms with E-state index in [2.05, 4.69) is 4.98 Å². The lowest BCUT2D eigenvalue weighted by molar-refractivity contribution is 0.544. The second-order valence-corrected chi connectivity index (χ2v) is 3.44. The van der Waals surface area contributed by atoms with Gasteiger partial charge < -0.3 is 14.7 Å². The molecular weight excluding hydrogens is 202 g/mol. The first-order valence-corrected chi connectivity index (χ1v) is 4.52. The molecule has 0 unspecified atom stereocenters. The fourth-order valence-electron chi connectivity index (χ4n) is 1.31. The molecule has 2 heterocycles. The number of nitrogen functional groups attached to an aromatic ring is 1. The molecule has 2 rings (SSSR count). The molecule has 2 aromatic rings. The average Bonchev–Trinajstić information content (AvgIpc) is 2.60. The fourth-order valence-corrected chi connectivity index (χ4v) is 1.62. The van der Waals surface area contributed by atoms with Gasteiger partial charge >= 0.3 is 0 Å². The largest absolute Gasteiger partial charge is 0.460 e. The van der Waals surface area contributed by atoms with Gasteiger partial charge in [-0.1, -0.05) is 11.6 Å². The normalized spacial score (nSPS) is 10.8. The van der Waals surface area contributed by atoms with Crippen molar-refractivity contribution >= 4 is 17.5 Å². The standard InChI is InChI=1S/C9H10ClN3O/c1-5-3-4-6(14-5)7-8(10)12-9(11)13(7)2/h3-4H,1-2H3,(H2,11,12). The van der Waals surface area contributed by atoms with Gasteiger partial charge in [0.1, 0.15) is 11.5 Å². The van der Waals surface area contributed by atoms with Gasteiger partial charge in [0.15, 0.2) is 10.9 Å². The van der Waals surface area contributed by atoms with E-state index in [-0.39, 0.29) is 0 Å². The minimum absolute atomic E-state index is 0.361. The maximum Gasteiger partial charge on any atom is 0.201 e. The highest BCUT2D eigenvalue weighted by Crippen LogP contribution is 2.29. The number of rotatable bonds is 1. The number of halogens is 1. The number of nitrogens with two attached hydrogens (primary N) is 1. The highest BCUT2D eigenvalue weighted by Gasteiger charge is 2.15. The number of anilines is 1. The van der Waals surface area contributed by atoms with Crippen molar-refractivity contribution in [3.63, 3.8) is 0 Å². The van der Waals surface area contributed by atoms with E-state index in [1.807, 2.05) is 19.1 Å². The Morgan fingerprint density at radius 2 is 2.21 bits per heavy atom. The lowest BCUT2D eigenvalue weighted by Gasteiger charge is -1.99. The van der Waals surface area contributed by atoms with Gasteiger partial charge in [-0.15, -0.1) is 0 Å². The molecule has 5 heteroatoms. The SMILES string of the molecule is Cc1ccc(-c2c(Cl)nc(N)n2C)o1. The van der Waals surface area contributed by atoms with Crippen molar-refractivity contribution in [2.45, 2.75) is 6.92 Å². The van der Waals surface area contributed by atoms with Crippen LogP contribution in [0.15, 0.2) is 16.5 Å². The summed E-state index contributed by atoms with van der Waals surface area (Å²) in [5.74, 6) is 1.88. The molecule has 0 amide bonds. The molecule has 0 aliphatic rings. The van der Waals surface area contributed by atoms with E-state index in [1.54, 1.807) is 11.6 Å². The number of aryl methyl sites for hydroxylation is 1. The van der Waals surface area contributed by atoms with E-state index >= 15 is 0 Å². The molecule has 0 bridgehead atoms. The molecule has 0 fully saturated rings. The van der Waals surface area contributed by atoms with E-state index in [4.69, 9.17) is 21.8 Å². The van der Waals surface area contributed by atoms with E-state index < -0.39 is 0 Å². The topological polar surface area (TPSA) is 57.0 Å². The Balaban J connectivity index is 2.61. The summed E-state index contributed by atoms with van der Waals surface area (Å²) in [4.78, 5) is 3.94. The zero-order chi connectivity index (χ0) is 10.3. The Hall–Kier alpha value is -1.42. The predicted octanol–water partition coefficient (Wildman–Crippen LogP) is 2.22. The highest BCUT2D eigenvalue weighted by molar-refractivity contribution is 6.32. The molecule has 14 heavy (non-hydrogen) atoms. The molecule has 0 atom stereocenters. The van der Waals surface area contributed by atoms with Crippen molar-refractivity contribution in [3.8, 4) is 11.5 Å². The van der Waals surface area contributed by atoms with Crippen molar-refractivity contribution in [1.82, 2.24) is 9.55 Å². The summed E-state index contributed by atoms with van der Waals surface area (Å²) >= 11 is 5.92. The van der Waals surface area contributed by atoms with E-state index in [1.165, 1.54) is 0 Å². The molecule has 4 nitrogen and oxygen atoms in total. The monoisotopic (exact) mass is 211 g/mol. The third-order valence-electron chi connectivity index (χ3n) is 2.06. The van der Waals surface area contributed by atoms with Crippen LogP contribution in [0.1, 0.15) is 5.76 Å². The molecular formula is C9H10ClN3O. The van der Waals surface area contributed by atoms with Gasteiger partial charge in [-0.2, -0.15) is 0 Å². The second kappa shape index (κ2) is 3.06. The second-order valence-electron chi connectivity index (χ2n) is 3.08. The zero-order valence-electron chi connectivity index (χ0n) is 7.91. The summed E-state index contributed by atoms with van der Waals surface area (Å²) in [5.41, 5.74) is 6.32. The molecule has 0 saturated carbocycles. The molecule has 0 radical (unpaired) electrons. The lowest BCUT2D eigenvalue weighted by atomic mass is 10.3. The van der Waals surface area contributed by atoms with Crippen LogP contribution in [0, 0.1) is 6.92 Å². The van der Waals surface area contributed by atoms with Crippen LogP contribution < -0.4 is 5.73 Å². The quantitative estimate of drug-likeness (QED) is 0.787. The van der Waals surface area contributed by atoms with Crippen LogP contribution in [0.5, 0.6) is 0 Å². The summed E-state index contributed by atoms with van der Waals surface area (Å²) < 4.78 is 7.14. The Morgan fingerprint density at radius 1 is 1.50 bits per heavy atom. The van der Waals surface area contributed by atoms with E-state index in [0.717, 1.165) is 5.76 Å². The first-order valence-electron chi connectivity index (χ1n) is 4.14. The van der Waals surface area contributed by atoms with Gasteiger partial charge in [0.25, 0.3) is 0 Å². The van der Waals surface area contributed by atoms with Crippen LogP contribution in [0.4, 0.5) is 5.95 Å². The maximum atomic E-state index is 5.92. The molecule has 74 valence electrons. The number of hydrogen-bond donors (Lipinski definition) is 1. The van der Waals surface area contributed by atoms with Gasteiger partial charge in [0.05, 0.1) is 0 Å². The van der Waals surface area contributed by atoms with Crippen molar-refractivity contribution in [2.24, 2.45) is 7.05 Å². The first kappa shape index (κ1) is 9.15. The minimum Gasteiger partial charge on any atom is -0.460 e. The van der Waals surface area contributed by atoms with Crippen molar-refractivity contribution < 1.29 is 4.42 Å². The first-order chi connectivity index (χ1) is 6.59. The Labute approximate surface area is 86.3 Å². The highest BCUT2D eigenvalue weighted by atomic mass is 35.5. The van der Waals surface area contributed by atoms with E-state index in [9.17, 15) is 0 Å². The lowest BCUT2D eigenvalue weighted by Crippen LogP contribution is -1.97. The number of hydrogen-bond acceptors (Lipinski definition) is 3. The molecule has 0 saturated heterocycles. The summed E-state index contributed by atoms with van der Waals surface area (Å²) in [7, 11) is 1.79. The fraction of sp³-hybridized carbons (Fsp3) is 0.222. The third kappa shape index (κ3) is 1.28. The van der Waals surface area contributed by atoms with Crippen molar-refractivity contribution in [1.29, 1.82) is 0 Å². The smallest absolute Gasteiger partial charge is 0.201 e. The molecule has 2 aromatic heterocycles. The van der Waals surface area contributed by atoms with Crippen LogP contribution in [0.2, 0.25) is 5.15 Å². The zero-order valence-corrected chi connectivity index (χ0v) is 8.67. The Kier molecular flexibility index (Phi) is 2.00. The summed E-state index contributed by atoms with van der Waals surface area (Å²) in [6, 6.07) is 3.71. The van der Waals surface area contributed by atoms with Crippen LogP contribution in [0.25, 0.3) is 11.5 Å². The molecule has 2 N–H and O–H groups in total.